The predicted molar refractivity (Wildman–Crippen MR) is 127 cm³/mol. The van der Waals surface area contributed by atoms with Crippen molar-refractivity contribution < 1.29 is 4.74 Å². The van der Waals surface area contributed by atoms with Crippen LogP contribution in [0, 0.1) is 0 Å². The van der Waals surface area contributed by atoms with Gasteiger partial charge in [0, 0.05) is 24.2 Å². The Kier molecular flexibility index (Phi) is 5.47. The summed E-state index contributed by atoms with van der Waals surface area (Å²) >= 11 is 1.53. The van der Waals surface area contributed by atoms with Crippen LogP contribution < -0.4 is 10.3 Å². The number of para-hydroxylation sites is 1. The maximum absolute atomic E-state index is 13.4. The Labute approximate surface area is 189 Å². The highest BCUT2D eigenvalue weighted by Gasteiger charge is 2.14. The van der Waals surface area contributed by atoms with Crippen molar-refractivity contribution in [2.45, 2.75) is 10.9 Å². The van der Waals surface area contributed by atoms with Gasteiger partial charge in [-0.3, -0.25) is 9.36 Å². The van der Waals surface area contributed by atoms with Crippen LogP contribution in [0.25, 0.3) is 22.3 Å². The second-order valence-corrected chi connectivity index (χ2v) is 8.10. The fourth-order valence-electron chi connectivity index (χ4n) is 3.50. The molecular weight excluding hydrogens is 420 g/mol. The fourth-order valence-corrected chi connectivity index (χ4v) is 4.47. The number of hydrogen-bond acceptors (Lipinski definition) is 5. The smallest absolute Gasteiger partial charge is 0.266 e. The van der Waals surface area contributed by atoms with Crippen LogP contribution in [0.1, 0.15) is 5.56 Å². The molecule has 2 aromatic heterocycles. The van der Waals surface area contributed by atoms with Gasteiger partial charge in [0.25, 0.3) is 5.56 Å². The number of thioether (sulfide) groups is 1. The van der Waals surface area contributed by atoms with E-state index in [0.29, 0.717) is 27.6 Å². The van der Waals surface area contributed by atoms with Crippen molar-refractivity contribution in [1.82, 2.24) is 19.3 Å². The molecule has 0 spiro atoms. The molecule has 158 valence electrons. The first kappa shape index (κ1) is 20.1. The van der Waals surface area contributed by atoms with Crippen LogP contribution in [0.5, 0.6) is 5.75 Å². The van der Waals surface area contributed by atoms with Crippen LogP contribution >= 0.6 is 11.8 Å². The zero-order valence-electron chi connectivity index (χ0n) is 17.4. The predicted octanol–water partition coefficient (Wildman–Crippen LogP) is 4.87. The van der Waals surface area contributed by atoms with Gasteiger partial charge in [-0.25, -0.2) is 9.67 Å². The molecule has 0 saturated carbocycles. The Balaban J connectivity index is 1.52. The average molecular weight is 441 g/mol. The quantitative estimate of drug-likeness (QED) is 0.278. The van der Waals surface area contributed by atoms with E-state index < -0.39 is 0 Å². The molecule has 0 amide bonds. The van der Waals surface area contributed by atoms with Crippen molar-refractivity contribution >= 4 is 22.7 Å². The minimum Gasteiger partial charge on any atom is -0.497 e. The summed E-state index contributed by atoms with van der Waals surface area (Å²) in [5.74, 6) is 1.36. The first-order valence-electron chi connectivity index (χ1n) is 10.1. The highest BCUT2D eigenvalue weighted by molar-refractivity contribution is 7.98. The molecule has 0 aliphatic heterocycles. The number of fused-ring (bicyclic) bond motifs is 1. The number of hydrogen-bond donors (Lipinski definition) is 0. The minimum absolute atomic E-state index is 0.0969. The van der Waals surface area contributed by atoms with Gasteiger partial charge in [-0.2, -0.15) is 5.10 Å². The van der Waals surface area contributed by atoms with Gasteiger partial charge in [0.05, 0.1) is 29.4 Å². The third kappa shape index (κ3) is 3.90. The SMILES string of the molecule is COc1cccc(-n2c(SCc3ccc(-n4cccn4)cc3)nc3ccccc3c2=O)c1. The van der Waals surface area contributed by atoms with E-state index >= 15 is 0 Å². The van der Waals surface area contributed by atoms with Gasteiger partial charge in [0.15, 0.2) is 5.16 Å². The molecule has 0 aliphatic rings. The molecule has 0 bridgehead atoms. The van der Waals surface area contributed by atoms with Crippen LogP contribution in [0.4, 0.5) is 0 Å². The molecule has 0 saturated heterocycles. The monoisotopic (exact) mass is 440 g/mol. The number of aromatic nitrogens is 4. The second-order valence-electron chi connectivity index (χ2n) is 7.16. The number of rotatable bonds is 6. The minimum atomic E-state index is -0.0969. The lowest BCUT2D eigenvalue weighted by Gasteiger charge is -2.14. The molecule has 0 unspecified atom stereocenters. The zero-order valence-corrected chi connectivity index (χ0v) is 18.2. The molecule has 3 aromatic carbocycles. The first-order chi connectivity index (χ1) is 15.7. The van der Waals surface area contributed by atoms with Gasteiger partial charge in [0.1, 0.15) is 5.75 Å². The average Bonchev–Trinajstić information content (AvgIpc) is 3.38. The maximum atomic E-state index is 13.4. The van der Waals surface area contributed by atoms with Crippen molar-refractivity contribution in [3.8, 4) is 17.1 Å². The molecule has 0 atom stereocenters. The van der Waals surface area contributed by atoms with Gasteiger partial charge in [-0.1, -0.05) is 42.1 Å². The van der Waals surface area contributed by atoms with Crippen molar-refractivity contribution in [1.29, 1.82) is 0 Å². The van der Waals surface area contributed by atoms with Gasteiger partial charge < -0.3 is 4.74 Å². The Bertz CT molecular complexity index is 1430. The summed E-state index contributed by atoms with van der Waals surface area (Å²) in [6.07, 6.45) is 3.67. The molecule has 0 fully saturated rings. The summed E-state index contributed by atoms with van der Waals surface area (Å²) < 4.78 is 8.85. The lowest BCUT2D eigenvalue weighted by atomic mass is 10.2. The molecule has 7 heteroatoms. The highest BCUT2D eigenvalue weighted by atomic mass is 32.2. The van der Waals surface area contributed by atoms with E-state index in [1.807, 2.05) is 77.6 Å². The topological polar surface area (TPSA) is 61.9 Å². The Hall–Kier alpha value is -3.84. The molecule has 2 heterocycles. The molecular formula is C25H20N4O2S. The molecule has 5 rings (SSSR count). The van der Waals surface area contributed by atoms with Gasteiger partial charge in [0.2, 0.25) is 0 Å². The normalized spacial score (nSPS) is 11.0. The summed E-state index contributed by atoms with van der Waals surface area (Å²) in [4.78, 5) is 18.2. The van der Waals surface area contributed by atoms with Crippen molar-refractivity contribution in [2.24, 2.45) is 0 Å². The van der Waals surface area contributed by atoms with E-state index in [4.69, 9.17) is 9.72 Å². The number of benzene rings is 3. The van der Waals surface area contributed by atoms with Crippen LogP contribution in [0.3, 0.4) is 0 Å². The van der Waals surface area contributed by atoms with E-state index in [2.05, 4.69) is 17.2 Å². The zero-order chi connectivity index (χ0) is 21.9. The molecule has 6 nitrogen and oxygen atoms in total. The highest BCUT2D eigenvalue weighted by Crippen LogP contribution is 2.26. The van der Waals surface area contributed by atoms with Crippen molar-refractivity contribution in [3.05, 3.63) is 107 Å². The van der Waals surface area contributed by atoms with Crippen LogP contribution in [0.2, 0.25) is 0 Å². The summed E-state index contributed by atoms with van der Waals surface area (Å²) in [5.41, 5.74) is 3.45. The van der Waals surface area contributed by atoms with E-state index in [0.717, 1.165) is 16.9 Å². The van der Waals surface area contributed by atoms with Crippen LogP contribution in [-0.4, -0.2) is 26.4 Å². The Morgan fingerprint density at radius 3 is 2.56 bits per heavy atom. The number of nitrogens with zero attached hydrogens (tertiary/aromatic N) is 4. The van der Waals surface area contributed by atoms with E-state index in [9.17, 15) is 4.79 Å². The van der Waals surface area contributed by atoms with Gasteiger partial charge in [-0.15, -0.1) is 0 Å². The first-order valence-corrected chi connectivity index (χ1v) is 11.1. The van der Waals surface area contributed by atoms with Crippen LogP contribution in [-0.2, 0) is 5.75 Å². The molecule has 5 aromatic rings. The van der Waals surface area contributed by atoms with Crippen molar-refractivity contribution in [3.63, 3.8) is 0 Å². The Morgan fingerprint density at radius 2 is 1.78 bits per heavy atom. The summed E-state index contributed by atoms with van der Waals surface area (Å²) in [5, 5.41) is 5.48. The Morgan fingerprint density at radius 1 is 0.938 bits per heavy atom. The van der Waals surface area contributed by atoms with E-state index in [-0.39, 0.29) is 5.56 Å². The molecule has 0 radical (unpaired) electrons. The summed E-state index contributed by atoms with van der Waals surface area (Å²) in [6, 6.07) is 25.0. The number of ether oxygens (including phenoxy) is 1. The molecule has 0 N–H and O–H groups in total. The van der Waals surface area contributed by atoms with E-state index in [1.165, 1.54) is 11.8 Å². The van der Waals surface area contributed by atoms with E-state index in [1.54, 1.807) is 17.9 Å². The standard InChI is InChI=1S/C25H20N4O2S/c1-31-21-7-4-6-20(16-21)29-24(30)22-8-2-3-9-23(22)27-25(29)32-17-18-10-12-19(13-11-18)28-15-5-14-26-28/h2-16H,17H2,1H3. The summed E-state index contributed by atoms with van der Waals surface area (Å²) in [7, 11) is 1.61. The maximum Gasteiger partial charge on any atom is 0.266 e. The third-order valence-corrected chi connectivity index (χ3v) is 6.14. The molecule has 32 heavy (non-hydrogen) atoms. The van der Waals surface area contributed by atoms with Crippen molar-refractivity contribution in [2.75, 3.05) is 7.11 Å². The largest absolute Gasteiger partial charge is 0.497 e. The van der Waals surface area contributed by atoms with Crippen LogP contribution in [0.15, 0.2) is 101 Å². The van der Waals surface area contributed by atoms with Gasteiger partial charge in [-0.05, 0) is 48.0 Å². The second kappa shape index (κ2) is 8.72. The molecule has 0 aliphatic carbocycles. The fraction of sp³-hybridized carbons (Fsp3) is 0.0800. The lowest BCUT2D eigenvalue weighted by Crippen LogP contribution is -2.21. The lowest BCUT2D eigenvalue weighted by molar-refractivity contribution is 0.414. The number of methoxy groups -OCH3 is 1. The summed E-state index contributed by atoms with van der Waals surface area (Å²) in [6.45, 7) is 0. The van der Waals surface area contributed by atoms with Gasteiger partial charge >= 0.3 is 0 Å². The third-order valence-electron chi connectivity index (χ3n) is 5.13.